The lowest BCUT2D eigenvalue weighted by Crippen LogP contribution is -2.30. The van der Waals surface area contributed by atoms with Crippen LogP contribution in [0.15, 0.2) is 34.9 Å². The number of nitrogens with two attached hydrogens (primary N) is 1. The van der Waals surface area contributed by atoms with Gasteiger partial charge in [0.25, 0.3) is 5.91 Å². The Morgan fingerprint density at radius 3 is 2.94 bits per heavy atom. The van der Waals surface area contributed by atoms with E-state index in [9.17, 15) is 4.79 Å². The Morgan fingerprint density at radius 2 is 2.29 bits per heavy atom. The molecule has 17 heavy (non-hydrogen) atoms. The summed E-state index contributed by atoms with van der Waals surface area (Å²) < 4.78 is 2.64. The standard InChI is InChI=1S/C11H11BrN4O/c1-7-10(11(17)15-13)6-14-16(7)9-4-2-3-8(12)5-9/h2-6H,13H2,1H3,(H,15,17). The molecule has 0 atom stereocenters. The highest BCUT2D eigenvalue weighted by Crippen LogP contribution is 2.18. The molecule has 0 saturated heterocycles. The van der Waals surface area contributed by atoms with Gasteiger partial charge in [-0.25, -0.2) is 10.5 Å². The number of amides is 1. The fourth-order valence-electron chi connectivity index (χ4n) is 1.58. The predicted molar refractivity (Wildman–Crippen MR) is 67.7 cm³/mol. The normalized spacial score (nSPS) is 10.3. The number of carbonyl (C=O) groups is 1. The minimum atomic E-state index is -0.344. The number of hydrazine groups is 1. The Hall–Kier alpha value is -1.66. The van der Waals surface area contributed by atoms with Gasteiger partial charge in [0.2, 0.25) is 0 Å². The van der Waals surface area contributed by atoms with Crippen LogP contribution in [0.1, 0.15) is 16.1 Å². The summed E-state index contributed by atoms with van der Waals surface area (Å²) in [6.45, 7) is 1.82. The van der Waals surface area contributed by atoms with E-state index in [0.29, 0.717) is 5.56 Å². The van der Waals surface area contributed by atoms with Crippen molar-refractivity contribution in [1.29, 1.82) is 0 Å². The summed E-state index contributed by atoms with van der Waals surface area (Å²) in [4.78, 5) is 11.4. The molecule has 2 aromatic rings. The smallest absolute Gasteiger partial charge is 0.268 e. The van der Waals surface area contributed by atoms with Gasteiger partial charge >= 0.3 is 0 Å². The van der Waals surface area contributed by atoms with Gasteiger partial charge in [-0.15, -0.1) is 0 Å². The highest BCUT2D eigenvalue weighted by molar-refractivity contribution is 9.10. The fourth-order valence-corrected chi connectivity index (χ4v) is 1.97. The lowest BCUT2D eigenvalue weighted by Gasteiger charge is -2.05. The quantitative estimate of drug-likeness (QED) is 0.501. The second-order valence-corrected chi connectivity index (χ2v) is 4.42. The Kier molecular flexibility index (Phi) is 3.26. The first-order valence-electron chi connectivity index (χ1n) is 4.95. The molecule has 3 N–H and O–H groups in total. The van der Waals surface area contributed by atoms with E-state index in [1.165, 1.54) is 6.20 Å². The number of hydrogen-bond donors (Lipinski definition) is 2. The molecule has 0 fully saturated rings. The molecule has 0 radical (unpaired) electrons. The van der Waals surface area contributed by atoms with Crippen LogP contribution in [0.3, 0.4) is 0 Å². The average molecular weight is 295 g/mol. The third kappa shape index (κ3) is 2.22. The van der Waals surface area contributed by atoms with Gasteiger partial charge in [-0.3, -0.25) is 10.2 Å². The Balaban J connectivity index is 2.48. The third-order valence-electron chi connectivity index (χ3n) is 2.44. The molecule has 0 aliphatic carbocycles. The molecular weight excluding hydrogens is 284 g/mol. The van der Waals surface area contributed by atoms with Crippen LogP contribution in [0.4, 0.5) is 0 Å². The van der Waals surface area contributed by atoms with E-state index in [4.69, 9.17) is 5.84 Å². The number of rotatable bonds is 2. The molecule has 0 bridgehead atoms. The van der Waals surface area contributed by atoms with Crippen LogP contribution in [-0.2, 0) is 0 Å². The average Bonchev–Trinajstić information content (AvgIpc) is 2.70. The molecule has 1 aromatic heterocycles. The third-order valence-corrected chi connectivity index (χ3v) is 2.93. The summed E-state index contributed by atoms with van der Waals surface area (Å²) in [7, 11) is 0. The first kappa shape index (κ1) is 11.8. The molecular formula is C11H11BrN4O. The largest absolute Gasteiger partial charge is 0.290 e. The molecule has 1 aromatic carbocycles. The fraction of sp³-hybridized carbons (Fsp3) is 0.0909. The van der Waals surface area contributed by atoms with Crippen LogP contribution in [0.2, 0.25) is 0 Å². The van der Waals surface area contributed by atoms with Crippen molar-refractivity contribution in [3.63, 3.8) is 0 Å². The lowest BCUT2D eigenvalue weighted by molar-refractivity contribution is 0.0953. The number of aromatic nitrogens is 2. The number of halogens is 1. The zero-order valence-corrected chi connectivity index (χ0v) is 10.7. The maximum absolute atomic E-state index is 11.4. The molecule has 0 aliphatic rings. The van der Waals surface area contributed by atoms with Gasteiger partial charge in [-0.1, -0.05) is 22.0 Å². The van der Waals surface area contributed by atoms with Gasteiger partial charge in [-0.2, -0.15) is 5.10 Å². The van der Waals surface area contributed by atoms with Gasteiger partial charge < -0.3 is 0 Å². The minimum Gasteiger partial charge on any atom is -0.290 e. The SMILES string of the molecule is Cc1c(C(=O)NN)cnn1-c1cccc(Br)c1. The molecule has 5 nitrogen and oxygen atoms in total. The van der Waals surface area contributed by atoms with Crippen LogP contribution in [0.5, 0.6) is 0 Å². The summed E-state index contributed by atoms with van der Waals surface area (Å²) in [6, 6.07) is 7.66. The minimum absolute atomic E-state index is 0.344. The van der Waals surface area contributed by atoms with E-state index in [-0.39, 0.29) is 5.91 Å². The van der Waals surface area contributed by atoms with Crippen LogP contribution in [0.25, 0.3) is 5.69 Å². The zero-order chi connectivity index (χ0) is 12.4. The highest BCUT2D eigenvalue weighted by atomic mass is 79.9. The first-order chi connectivity index (χ1) is 8.13. The number of hydrogen-bond acceptors (Lipinski definition) is 3. The molecule has 2 rings (SSSR count). The molecule has 1 amide bonds. The van der Waals surface area contributed by atoms with Crippen molar-refractivity contribution in [2.24, 2.45) is 5.84 Å². The van der Waals surface area contributed by atoms with Crippen molar-refractivity contribution in [3.05, 3.63) is 46.2 Å². The van der Waals surface area contributed by atoms with Crippen molar-refractivity contribution in [2.45, 2.75) is 6.92 Å². The van der Waals surface area contributed by atoms with Gasteiger partial charge in [0.15, 0.2) is 0 Å². The zero-order valence-electron chi connectivity index (χ0n) is 9.14. The second kappa shape index (κ2) is 4.68. The summed E-state index contributed by atoms with van der Waals surface area (Å²) >= 11 is 3.39. The van der Waals surface area contributed by atoms with Gasteiger partial charge in [0.1, 0.15) is 0 Å². The number of carbonyl (C=O) groups excluding carboxylic acids is 1. The van der Waals surface area contributed by atoms with Crippen molar-refractivity contribution in [3.8, 4) is 5.69 Å². The summed E-state index contributed by atoms with van der Waals surface area (Å²) in [5.74, 6) is 4.76. The molecule has 1 heterocycles. The molecule has 0 spiro atoms. The molecule has 0 aliphatic heterocycles. The van der Waals surface area contributed by atoms with Gasteiger partial charge in [0.05, 0.1) is 23.1 Å². The monoisotopic (exact) mass is 294 g/mol. The predicted octanol–water partition coefficient (Wildman–Crippen LogP) is 1.55. The van der Waals surface area contributed by atoms with E-state index in [0.717, 1.165) is 15.9 Å². The topological polar surface area (TPSA) is 72.9 Å². The van der Waals surface area contributed by atoms with E-state index in [2.05, 4.69) is 26.5 Å². The van der Waals surface area contributed by atoms with Gasteiger partial charge in [0, 0.05) is 4.47 Å². The first-order valence-corrected chi connectivity index (χ1v) is 5.74. The van der Waals surface area contributed by atoms with E-state index in [1.54, 1.807) is 4.68 Å². The molecule has 0 unspecified atom stereocenters. The Morgan fingerprint density at radius 1 is 1.53 bits per heavy atom. The second-order valence-electron chi connectivity index (χ2n) is 3.51. The van der Waals surface area contributed by atoms with E-state index >= 15 is 0 Å². The molecule has 6 heteroatoms. The van der Waals surface area contributed by atoms with Crippen molar-refractivity contribution < 1.29 is 4.79 Å². The number of nitrogen functional groups attached to an aromatic ring is 1. The Labute approximate surface area is 107 Å². The maximum Gasteiger partial charge on any atom is 0.268 e. The van der Waals surface area contributed by atoms with E-state index < -0.39 is 0 Å². The summed E-state index contributed by atoms with van der Waals surface area (Å²) in [5.41, 5.74) is 4.19. The Bertz CT molecular complexity index is 564. The van der Waals surface area contributed by atoms with Gasteiger partial charge in [-0.05, 0) is 25.1 Å². The summed E-state index contributed by atoms with van der Waals surface area (Å²) in [5, 5.41) is 4.18. The lowest BCUT2D eigenvalue weighted by atomic mass is 10.2. The number of nitrogens with zero attached hydrogens (tertiary/aromatic N) is 2. The number of nitrogens with one attached hydrogen (secondary N) is 1. The van der Waals surface area contributed by atoms with Crippen LogP contribution in [0, 0.1) is 6.92 Å². The maximum atomic E-state index is 11.4. The van der Waals surface area contributed by atoms with Crippen molar-refractivity contribution in [2.75, 3.05) is 0 Å². The number of benzene rings is 1. The van der Waals surface area contributed by atoms with E-state index in [1.807, 2.05) is 31.2 Å². The van der Waals surface area contributed by atoms with Crippen LogP contribution < -0.4 is 11.3 Å². The van der Waals surface area contributed by atoms with Crippen LogP contribution in [-0.4, -0.2) is 15.7 Å². The highest BCUT2D eigenvalue weighted by Gasteiger charge is 2.13. The molecule has 88 valence electrons. The van der Waals surface area contributed by atoms with Crippen LogP contribution >= 0.6 is 15.9 Å². The molecule has 0 saturated carbocycles. The summed E-state index contributed by atoms with van der Waals surface area (Å²) in [6.07, 6.45) is 1.50. The van der Waals surface area contributed by atoms with Crippen molar-refractivity contribution in [1.82, 2.24) is 15.2 Å². The van der Waals surface area contributed by atoms with Crippen molar-refractivity contribution >= 4 is 21.8 Å².